The Morgan fingerprint density at radius 3 is 2.80 bits per heavy atom. The van der Waals surface area contributed by atoms with Crippen molar-refractivity contribution in [2.45, 2.75) is 38.3 Å². The molecule has 0 aliphatic carbocycles. The molecule has 20 heavy (non-hydrogen) atoms. The van der Waals surface area contributed by atoms with Gasteiger partial charge in [-0.05, 0) is 18.4 Å². The molecule has 0 bridgehead atoms. The van der Waals surface area contributed by atoms with Crippen molar-refractivity contribution in [1.29, 1.82) is 5.26 Å². The standard InChI is InChI=1S/C15H16N4O/c16-10-13(12-6-2-1-3-7-12)11-19-15(20)18-9-5-4-8-14(18)17-19/h1-3,6-7,13H,4-5,8-9,11H2. The molecule has 0 saturated heterocycles. The number of hydrogen-bond acceptors (Lipinski definition) is 3. The molecule has 5 heteroatoms. The van der Waals surface area contributed by atoms with Crippen molar-refractivity contribution in [3.63, 3.8) is 0 Å². The van der Waals surface area contributed by atoms with Crippen molar-refractivity contribution in [2.24, 2.45) is 0 Å². The lowest BCUT2D eigenvalue weighted by Gasteiger charge is -2.09. The zero-order chi connectivity index (χ0) is 13.9. The summed E-state index contributed by atoms with van der Waals surface area (Å²) in [6.07, 6.45) is 2.96. The van der Waals surface area contributed by atoms with Crippen LogP contribution in [-0.4, -0.2) is 14.3 Å². The third-order valence-electron chi connectivity index (χ3n) is 3.74. The summed E-state index contributed by atoms with van der Waals surface area (Å²) in [7, 11) is 0. The van der Waals surface area contributed by atoms with Crippen LogP contribution in [-0.2, 0) is 19.5 Å². The first-order chi connectivity index (χ1) is 9.79. The molecule has 0 spiro atoms. The summed E-state index contributed by atoms with van der Waals surface area (Å²) in [4.78, 5) is 12.3. The first kappa shape index (κ1) is 12.7. The number of hydrogen-bond donors (Lipinski definition) is 0. The maximum absolute atomic E-state index is 12.3. The van der Waals surface area contributed by atoms with Gasteiger partial charge >= 0.3 is 5.69 Å². The largest absolute Gasteiger partial charge is 0.345 e. The quantitative estimate of drug-likeness (QED) is 0.851. The molecule has 1 aromatic carbocycles. The molecule has 3 rings (SSSR count). The Bertz CT molecular complexity index is 693. The summed E-state index contributed by atoms with van der Waals surface area (Å²) < 4.78 is 3.18. The van der Waals surface area contributed by atoms with Gasteiger partial charge in [-0.25, -0.2) is 9.48 Å². The van der Waals surface area contributed by atoms with E-state index in [1.807, 2.05) is 30.3 Å². The van der Waals surface area contributed by atoms with Crippen LogP contribution in [0.4, 0.5) is 0 Å². The Morgan fingerprint density at radius 1 is 1.30 bits per heavy atom. The fourth-order valence-corrected chi connectivity index (χ4v) is 2.65. The van der Waals surface area contributed by atoms with Gasteiger partial charge < -0.3 is 0 Å². The van der Waals surface area contributed by atoms with Gasteiger partial charge in [-0.3, -0.25) is 4.57 Å². The van der Waals surface area contributed by atoms with Crippen LogP contribution in [0, 0.1) is 11.3 Å². The molecular weight excluding hydrogens is 252 g/mol. The van der Waals surface area contributed by atoms with Gasteiger partial charge in [0.2, 0.25) is 0 Å². The zero-order valence-corrected chi connectivity index (χ0v) is 11.2. The van der Waals surface area contributed by atoms with Crippen molar-refractivity contribution in [3.8, 4) is 6.07 Å². The van der Waals surface area contributed by atoms with Gasteiger partial charge in [0.25, 0.3) is 0 Å². The minimum absolute atomic E-state index is 0.0871. The van der Waals surface area contributed by atoms with Gasteiger partial charge in [-0.1, -0.05) is 30.3 Å². The Labute approximate surface area is 117 Å². The second-order valence-corrected chi connectivity index (χ2v) is 5.08. The predicted molar refractivity (Wildman–Crippen MR) is 74.2 cm³/mol. The number of aryl methyl sites for hydroxylation is 1. The van der Waals surface area contributed by atoms with Crippen LogP contribution < -0.4 is 5.69 Å². The number of nitriles is 1. The van der Waals surface area contributed by atoms with Gasteiger partial charge in [-0.2, -0.15) is 10.4 Å². The van der Waals surface area contributed by atoms with Crippen LogP contribution in [0.3, 0.4) is 0 Å². The summed E-state index contributed by atoms with van der Waals surface area (Å²) in [6.45, 7) is 1.07. The highest BCUT2D eigenvalue weighted by molar-refractivity contribution is 5.24. The number of nitrogens with zero attached hydrogens (tertiary/aromatic N) is 4. The highest BCUT2D eigenvalue weighted by Gasteiger charge is 2.19. The van der Waals surface area contributed by atoms with Crippen molar-refractivity contribution in [1.82, 2.24) is 14.3 Å². The van der Waals surface area contributed by atoms with E-state index in [1.165, 1.54) is 4.68 Å². The molecule has 102 valence electrons. The SMILES string of the molecule is N#CC(Cn1nc2n(c1=O)CCCC2)c1ccccc1. The second-order valence-electron chi connectivity index (χ2n) is 5.08. The van der Waals surface area contributed by atoms with Gasteiger partial charge in [0.05, 0.1) is 18.5 Å². The van der Waals surface area contributed by atoms with E-state index in [4.69, 9.17) is 0 Å². The average molecular weight is 268 g/mol. The lowest BCUT2D eigenvalue weighted by Crippen LogP contribution is -2.28. The van der Waals surface area contributed by atoms with Gasteiger partial charge in [0.15, 0.2) is 0 Å². The molecule has 2 heterocycles. The molecule has 0 N–H and O–H groups in total. The van der Waals surface area contributed by atoms with E-state index in [9.17, 15) is 10.1 Å². The monoisotopic (exact) mass is 268 g/mol. The summed E-state index contributed by atoms with van der Waals surface area (Å²) >= 11 is 0. The molecule has 1 aromatic heterocycles. The fraction of sp³-hybridized carbons (Fsp3) is 0.400. The number of rotatable bonds is 3. The van der Waals surface area contributed by atoms with E-state index < -0.39 is 0 Å². The minimum Gasteiger partial charge on any atom is -0.279 e. The van der Waals surface area contributed by atoms with E-state index in [2.05, 4.69) is 11.2 Å². The topological polar surface area (TPSA) is 63.6 Å². The Morgan fingerprint density at radius 2 is 2.10 bits per heavy atom. The molecule has 1 aliphatic rings. The van der Waals surface area contributed by atoms with Crippen LogP contribution in [0.1, 0.15) is 30.1 Å². The van der Waals surface area contributed by atoms with Crippen molar-refractivity contribution in [3.05, 3.63) is 52.2 Å². The molecule has 0 amide bonds. The van der Waals surface area contributed by atoms with Crippen LogP contribution in [0.2, 0.25) is 0 Å². The molecule has 0 radical (unpaired) electrons. The van der Waals surface area contributed by atoms with Crippen molar-refractivity contribution < 1.29 is 0 Å². The van der Waals surface area contributed by atoms with E-state index in [0.717, 1.165) is 37.2 Å². The Balaban J connectivity index is 1.89. The van der Waals surface area contributed by atoms with Crippen LogP contribution in [0.5, 0.6) is 0 Å². The smallest absolute Gasteiger partial charge is 0.279 e. The van der Waals surface area contributed by atoms with Crippen molar-refractivity contribution in [2.75, 3.05) is 0 Å². The maximum Gasteiger partial charge on any atom is 0.345 e. The van der Waals surface area contributed by atoms with Gasteiger partial charge in [0, 0.05) is 13.0 Å². The molecule has 0 fully saturated rings. The fourth-order valence-electron chi connectivity index (χ4n) is 2.65. The molecule has 1 aliphatic heterocycles. The lowest BCUT2D eigenvalue weighted by atomic mass is 10.0. The average Bonchev–Trinajstić information content (AvgIpc) is 2.82. The Hall–Kier alpha value is -2.35. The Kier molecular flexibility index (Phi) is 3.38. The first-order valence-corrected chi connectivity index (χ1v) is 6.90. The molecule has 1 atom stereocenters. The first-order valence-electron chi connectivity index (χ1n) is 6.90. The predicted octanol–water partition coefficient (Wildman–Crippen LogP) is 1.69. The summed E-state index contributed by atoms with van der Waals surface area (Å²) in [5.41, 5.74) is 0.837. The molecule has 0 saturated carbocycles. The molecule has 5 nitrogen and oxygen atoms in total. The van der Waals surface area contributed by atoms with E-state index in [1.54, 1.807) is 4.57 Å². The lowest BCUT2D eigenvalue weighted by molar-refractivity contribution is 0.509. The number of benzene rings is 1. The van der Waals surface area contributed by atoms with E-state index >= 15 is 0 Å². The summed E-state index contributed by atoms with van der Waals surface area (Å²) in [6, 6.07) is 11.8. The maximum atomic E-state index is 12.3. The van der Waals surface area contributed by atoms with Crippen LogP contribution >= 0.6 is 0 Å². The minimum atomic E-state index is -0.342. The normalized spacial score (nSPS) is 15.3. The highest BCUT2D eigenvalue weighted by Crippen LogP contribution is 2.16. The summed E-state index contributed by atoms with van der Waals surface area (Å²) in [5.74, 6) is 0.511. The molecular formula is C15H16N4O. The highest BCUT2D eigenvalue weighted by atomic mass is 16.2. The van der Waals surface area contributed by atoms with Gasteiger partial charge in [0.1, 0.15) is 5.82 Å². The van der Waals surface area contributed by atoms with E-state index in [0.29, 0.717) is 6.54 Å². The van der Waals surface area contributed by atoms with Gasteiger partial charge in [-0.15, -0.1) is 0 Å². The zero-order valence-electron chi connectivity index (χ0n) is 11.2. The van der Waals surface area contributed by atoms with Crippen LogP contribution in [0.15, 0.2) is 35.1 Å². The number of fused-ring (bicyclic) bond motifs is 1. The second kappa shape index (κ2) is 5.33. The number of aromatic nitrogens is 3. The third-order valence-corrected chi connectivity index (χ3v) is 3.74. The molecule has 1 unspecified atom stereocenters. The summed E-state index contributed by atoms with van der Waals surface area (Å²) in [5, 5.41) is 13.7. The van der Waals surface area contributed by atoms with Crippen LogP contribution in [0.25, 0.3) is 0 Å². The third kappa shape index (κ3) is 2.25. The van der Waals surface area contributed by atoms with Crippen molar-refractivity contribution >= 4 is 0 Å². The van der Waals surface area contributed by atoms with E-state index in [-0.39, 0.29) is 11.6 Å². The molecule has 2 aromatic rings.